The molecule has 0 spiro atoms. The van der Waals surface area contributed by atoms with Crippen LogP contribution < -0.4 is 0 Å². The average Bonchev–Trinajstić information content (AvgIpc) is 2.37. The fraction of sp³-hybridized carbons (Fsp3) is 0.357. The van der Waals surface area contributed by atoms with Gasteiger partial charge in [-0.1, -0.05) is 36.4 Å². The number of esters is 1. The second-order valence-corrected chi connectivity index (χ2v) is 3.84. The Labute approximate surface area is 102 Å². The number of hydrogen-bond donors (Lipinski definition) is 1. The maximum Gasteiger partial charge on any atom is 0.330 e. The first-order valence-corrected chi connectivity index (χ1v) is 5.69. The molecule has 0 bridgehead atoms. The van der Waals surface area contributed by atoms with Crippen molar-refractivity contribution >= 4 is 5.97 Å². The number of hydrogen-bond acceptors (Lipinski definition) is 3. The van der Waals surface area contributed by atoms with E-state index in [1.807, 2.05) is 30.3 Å². The van der Waals surface area contributed by atoms with Crippen LogP contribution in [0, 0.1) is 0 Å². The molecule has 1 aromatic rings. The number of carbonyl (C=O) groups is 1. The molecular formula is C14H18O3. The first-order chi connectivity index (χ1) is 8.22. The van der Waals surface area contributed by atoms with Crippen LogP contribution in [0.4, 0.5) is 0 Å². The number of aryl methyl sites for hydroxylation is 1. The summed E-state index contributed by atoms with van der Waals surface area (Å²) < 4.78 is 4.45. The number of carbonyl (C=O) groups excluding carboxylic acids is 1. The lowest BCUT2D eigenvalue weighted by atomic mass is 10.1. The highest BCUT2D eigenvalue weighted by molar-refractivity contribution is 5.81. The van der Waals surface area contributed by atoms with Gasteiger partial charge in [0.2, 0.25) is 0 Å². The third-order valence-corrected chi connectivity index (χ3v) is 2.47. The van der Waals surface area contributed by atoms with Gasteiger partial charge < -0.3 is 9.84 Å². The summed E-state index contributed by atoms with van der Waals surface area (Å²) in [7, 11) is 1.33. The predicted octanol–water partition coefficient (Wildman–Crippen LogP) is 2.10. The summed E-state index contributed by atoms with van der Waals surface area (Å²) in [5.74, 6) is -0.389. The molecule has 0 amide bonds. The number of ether oxygens (including phenoxy) is 1. The summed E-state index contributed by atoms with van der Waals surface area (Å²) in [6.45, 7) is 0. The van der Waals surface area contributed by atoms with Crippen LogP contribution in [-0.2, 0) is 16.0 Å². The molecule has 92 valence electrons. The minimum atomic E-state index is -0.420. The highest BCUT2D eigenvalue weighted by Crippen LogP contribution is 2.07. The van der Waals surface area contributed by atoms with Gasteiger partial charge in [0.1, 0.15) is 0 Å². The van der Waals surface area contributed by atoms with Gasteiger partial charge in [0.05, 0.1) is 13.2 Å². The van der Waals surface area contributed by atoms with Crippen molar-refractivity contribution in [2.45, 2.75) is 25.4 Å². The normalized spacial score (nSPS) is 12.6. The maximum absolute atomic E-state index is 10.8. The Bertz CT molecular complexity index is 357. The van der Waals surface area contributed by atoms with Crippen LogP contribution in [0.5, 0.6) is 0 Å². The van der Waals surface area contributed by atoms with Crippen molar-refractivity contribution in [1.82, 2.24) is 0 Å². The van der Waals surface area contributed by atoms with Crippen molar-refractivity contribution in [1.29, 1.82) is 0 Å². The Morgan fingerprint density at radius 2 is 2.12 bits per heavy atom. The lowest BCUT2D eigenvalue weighted by Gasteiger charge is -2.07. The quantitative estimate of drug-likeness (QED) is 0.605. The minimum absolute atomic E-state index is 0.389. The minimum Gasteiger partial charge on any atom is -0.466 e. The fourth-order valence-corrected chi connectivity index (χ4v) is 1.49. The zero-order chi connectivity index (χ0) is 12.5. The van der Waals surface area contributed by atoms with E-state index in [2.05, 4.69) is 4.74 Å². The molecule has 1 aromatic carbocycles. The first kappa shape index (κ1) is 13.5. The van der Waals surface area contributed by atoms with Gasteiger partial charge in [-0.25, -0.2) is 4.79 Å². The van der Waals surface area contributed by atoms with Gasteiger partial charge >= 0.3 is 5.97 Å². The summed E-state index contributed by atoms with van der Waals surface area (Å²) in [5.41, 5.74) is 1.21. The smallest absolute Gasteiger partial charge is 0.330 e. The molecule has 3 nitrogen and oxygen atoms in total. The van der Waals surface area contributed by atoms with Crippen LogP contribution in [-0.4, -0.2) is 24.3 Å². The van der Waals surface area contributed by atoms with Gasteiger partial charge in [-0.05, 0) is 24.8 Å². The van der Waals surface area contributed by atoms with E-state index in [1.54, 1.807) is 6.08 Å². The SMILES string of the molecule is COC(=O)/C=C/C[C@@H](O)CCc1ccccc1. The van der Waals surface area contributed by atoms with E-state index < -0.39 is 6.10 Å². The Hall–Kier alpha value is -1.61. The van der Waals surface area contributed by atoms with E-state index in [1.165, 1.54) is 18.7 Å². The summed E-state index contributed by atoms with van der Waals surface area (Å²) in [6.07, 6.45) is 4.56. The summed E-state index contributed by atoms with van der Waals surface area (Å²) >= 11 is 0. The number of methoxy groups -OCH3 is 1. The molecule has 3 heteroatoms. The Balaban J connectivity index is 2.24. The molecule has 0 saturated heterocycles. The average molecular weight is 234 g/mol. The Kier molecular flexibility index (Phi) is 6.04. The van der Waals surface area contributed by atoms with Gasteiger partial charge in [0.25, 0.3) is 0 Å². The van der Waals surface area contributed by atoms with Crippen LogP contribution >= 0.6 is 0 Å². The van der Waals surface area contributed by atoms with Gasteiger partial charge in [-0.15, -0.1) is 0 Å². The number of aliphatic hydroxyl groups excluding tert-OH is 1. The zero-order valence-electron chi connectivity index (χ0n) is 10.0. The molecule has 0 radical (unpaired) electrons. The molecule has 1 N–H and O–H groups in total. The van der Waals surface area contributed by atoms with Crippen LogP contribution in [0.25, 0.3) is 0 Å². The fourth-order valence-electron chi connectivity index (χ4n) is 1.49. The third kappa shape index (κ3) is 5.88. The maximum atomic E-state index is 10.8. The molecule has 0 aliphatic carbocycles. The van der Waals surface area contributed by atoms with Crippen molar-refractivity contribution in [2.24, 2.45) is 0 Å². The summed E-state index contributed by atoms with van der Waals surface area (Å²) in [4.78, 5) is 10.8. The number of rotatable bonds is 6. The monoisotopic (exact) mass is 234 g/mol. The van der Waals surface area contributed by atoms with Crippen molar-refractivity contribution in [2.75, 3.05) is 7.11 Å². The lowest BCUT2D eigenvalue weighted by molar-refractivity contribution is -0.134. The molecule has 17 heavy (non-hydrogen) atoms. The molecule has 0 saturated carbocycles. The van der Waals surface area contributed by atoms with Gasteiger partial charge in [-0.2, -0.15) is 0 Å². The largest absolute Gasteiger partial charge is 0.466 e. The molecule has 0 fully saturated rings. The standard InChI is InChI=1S/C14H18O3/c1-17-14(16)9-5-8-13(15)11-10-12-6-3-2-4-7-12/h2-7,9,13,15H,8,10-11H2,1H3/b9-5+/t13-/m1/s1. The molecule has 0 unspecified atom stereocenters. The molecule has 1 atom stereocenters. The highest BCUT2D eigenvalue weighted by Gasteiger charge is 2.02. The van der Waals surface area contributed by atoms with Crippen molar-refractivity contribution in [3.63, 3.8) is 0 Å². The van der Waals surface area contributed by atoms with E-state index in [9.17, 15) is 9.90 Å². The lowest BCUT2D eigenvalue weighted by Crippen LogP contribution is -2.06. The number of benzene rings is 1. The topological polar surface area (TPSA) is 46.5 Å². The van der Waals surface area contributed by atoms with E-state index in [-0.39, 0.29) is 5.97 Å². The molecular weight excluding hydrogens is 216 g/mol. The predicted molar refractivity (Wildman–Crippen MR) is 66.5 cm³/mol. The van der Waals surface area contributed by atoms with Gasteiger partial charge in [0.15, 0.2) is 0 Å². The first-order valence-electron chi connectivity index (χ1n) is 5.69. The number of aliphatic hydroxyl groups is 1. The molecule has 0 heterocycles. The van der Waals surface area contributed by atoms with Crippen molar-refractivity contribution in [3.05, 3.63) is 48.0 Å². The summed E-state index contributed by atoms with van der Waals surface area (Å²) in [6, 6.07) is 10.0. The second kappa shape index (κ2) is 7.63. The Morgan fingerprint density at radius 1 is 1.41 bits per heavy atom. The highest BCUT2D eigenvalue weighted by atomic mass is 16.5. The van der Waals surface area contributed by atoms with E-state index >= 15 is 0 Å². The van der Waals surface area contributed by atoms with Crippen molar-refractivity contribution < 1.29 is 14.6 Å². The zero-order valence-corrected chi connectivity index (χ0v) is 10.0. The summed E-state index contributed by atoms with van der Waals surface area (Å²) in [5, 5.41) is 9.69. The Morgan fingerprint density at radius 3 is 2.76 bits per heavy atom. The van der Waals surface area contributed by atoms with E-state index in [4.69, 9.17) is 0 Å². The van der Waals surface area contributed by atoms with E-state index in [0.717, 1.165) is 6.42 Å². The van der Waals surface area contributed by atoms with Crippen LogP contribution in [0.15, 0.2) is 42.5 Å². The van der Waals surface area contributed by atoms with E-state index in [0.29, 0.717) is 12.8 Å². The van der Waals surface area contributed by atoms with Gasteiger partial charge in [0, 0.05) is 6.08 Å². The molecule has 0 aromatic heterocycles. The molecule has 1 rings (SSSR count). The van der Waals surface area contributed by atoms with Crippen LogP contribution in [0.1, 0.15) is 18.4 Å². The van der Waals surface area contributed by atoms with Crippen molar-refractivity contribution in [3.8, 4) is 0 Å². The molecule has 0 aliphatic rings. The molecule has 0 aliphatic heterocycles. The van der Waals surface area contributed by atoms with Gasteiger partial charge in [-0.3, -0.25) is 0 Å². The van der Waals surface area contributed by atoms with Crippen LogP contribution in [0.3, 0.4) is 0 Å². The third-order valence-electron chi connectivity index (χ3n) is 2.47. The second-order valence-electron chi connectivity index (χ2n) is 3.84. The van der Waals surface area contributed by atoms with Crippen LogP contribution in [0.2, 0.25) is 0 Å².